The van der Waals surface area contributed by atoms with Crippen LogP contribution in [-0.4, -0.2) is 19.0 Å². The van der Waals surface area contributed by atoms with Crippen molar-refractivity contribution in [2.24, 2.45) is 4.99 Å². The molecule has 0 saturated heterocycles. The summed E-state index contributed by atoms with van der Waals surface area (Å²) in [6.07, 6.45) is 1.96. The molecule has 1 aromatic carbocycles. The molecule has 5 nitrogen and oxygen atoms in total. The van der Waals surface area contributed by atoms with E-state index in [2.05, 4.69) is 27.5 Å². The van der Waals surface area contributed by atoms with Gasteiger partial charge >= 0.3 is 0 Å². The van der Waals surface area contributed by atoms with E-state index in [1.54, 1.807) is 0 Å². The number of nitrogens with two attached hydrogens (primary N) is 1. The highest BCUT2D eigenvalue weighted by Gasteiger charge is 2.15. The van der Waals surface area contributed by atoms with Gasteiger partial charge in [0.1, 0.15) is 0 Å². The fraction of sp³-hybridized carbons (Fsp3) is 0.308. The molecule has 1 aromatic rings. The van der Waals surface area contributed by atoms with Crippen molar-refractivity contribution in [2.75, 3.05) is 29.5 Å². The monoisotopic (exact) mass is 243 g/mol. The summed E-state index contributed by atoms with van der Waals surface area (Å²) in [5.74, 6) is 0.788. The van der Waals surface area contributed by atoms with Crippen molar-refractivity contribution in [2.45, 2.75) is 12.8 Å². The Hall–Kier alpha value is -2.17. The first-order valence-corrected chi connectivity index (χ1v) is 6.15. The molecular weight excluding hydrogens is 226 g/mol. The molecule has 0 bridgehead atoms. The van der Waals surface area contributed by atoms with Crippen molar-refractivity contribution in [1.29, 1.82) is 0 Å². The predicted octanol–water partition coefficient (Wildman–Crippen LogP) is 1.51. The van der Waals surface area contributed by atoms with Crippen LogP contribution in [0.25, 0.3) is 0 Å². The molecule has 3 rings (SSSR count). The summed E-state index contributed by atoms with van der Waals surface area (Å²) >= 11 is 0. The zero-order valence-electron chi connectivity index (χ0n) is 10.2. The van der Waals surface area contributed by atoms with Gasteiger partial charge in [-0.2, -0.15) is 0 Å². The highest BCUT2D eigenvalue weighted by atomic mass is 15.2. The van der Waals surface area contributed by atoms with Crippen molar-refractivity contribution in [3.8, 4) is 0 Å². The molecule has 0 fully saturated rings. The standard InChI is InChI=1S/C13H17N5/c1-8-2-3-9-6-10(14)12(7-11(9)17-8)18-13-15-4-5-16-13/h6-7,17H,1-5,14H2,(H2,15,16,18). The molecule has 2 aliphatic heterocycles. The van der Waals surface area contributed by atoms with Gasteiger partial charge in [-0.3, -0.25) is 4.99 Å². The largest absolute Gasteiger partial charge is 0.397 e. The minimum absolute atomic E-state index is 0.750. The summed E-state index contributed by atoms with van der Waals surface area (Å²) in [5.41, 5.74) is 11.1. The third-order valence-electron chi connectivity index (χ3n) is 3.21. The maximum absolute atomic E-state index is 6.06. The van der Waals surface area contributed by atoms with E-state index in [9.17, 15) is 0 Å². The Kier molecular flexibility index (Phi) is 2.59. The SMILES string of the molecule is C=C1CCc2cc(N)c(NC3=NCCN3)cc2N1. The lowest BCUT2D eigenvalue weighted by Gasteiger charge is -2.22. The molecule has 5 heteroatoms. The number of nitrogen functional groups attached to an aromatic ring is 1. The third kappa shape index (κ3) is 1.99. The van der Waals surface area contributed by atoms with Crippen LogP contribution in [0.4, 0.5) is 17.1 Å². The van der Waals surface area contributed by atoms with Crippen LogP contribution in [0, 0.1) is 0 Å². The molecular formula is C13H17N5. The normalized spacial score (nSPS) is 17.6. The number of fused-ring (bicyclic) bond motifs is 1. The second-order valence-corrected chi connectivity index (χ2v) is 4.61. The quantitative estimate of drug-likeness (QED) is 0.564. The number of anilines is 3. The van der Waals surface area contributed by atoms with Gasteiger partial charge in [-0.1, -0.05) is 6.58 Å². The Bertz CT molecular complexity index is 532. The molecule has 0 atom stereocenters. The highest BCUT2D eigenvalue weighted by Crippen LogP contribution is 2.32. The third-order valence-corrected chi connectivity index (χ3v) is 3.21. The van der Waals surface area contributed by atoms with E-state index < -0.39 is 0 Å². The zero-order chi connectivity index (χ0) is 12.5. The molecule has 5 N–H and O–H groups in total. The lowest BCUT2D eigenvalue weighted by atomic mass is 10.0. The van der Waals surface area contributed by atoms with Crippen LogP contribution in [0.15, 0.2) is 29.4 Å². The van der Waals surface area contributed by atoms with E-state index in [0.29, 0.717) is 0 Å². The Morgan fingerprint density at radius 1 is 1.33 bits per heavy atom. The van der Waals surface area contributed by atoms with Crippen LogP contribution in [0.1, 0.15) is 12.0 Å². The van der Waals surface area contributed by atoms with Crippen molar-refractivity contribution in [3.05, 3.63) is 30.0 Å². The molecule has 0 spiro atoms. The van der Waals surface area contributed by atoms with Gasteiger partial charge in [0.25, 0.3) is 0 Å². The molecule has 2 aliphatic rings. The van der Waals surface area contributed by atoms with Gasteiger partial charge in [0, 0.05) is 17.9 Å². The van der Waals surface area contributed by atoms with Gasteiger partial charge in [0.2, 0.25) is 0 Å². The summed E-state index contributed by atoms with van der Waals surface area (Å²) in [6.45, 7) is 5.65. The molecule has 0 aliphatic carbocycles. The van der Waals surface area contributed by atoms with Crippen LogP contribution in [-0.2, 0) is 6.42 Å². The van der Waals surface area contributed by atoms with Crippen molar-refractivity contribution < 1.29 is 0 Å². The van der Waals surface area contributed by atoms with Crippen molar-refractivity contribution in [3.63, 3.8) is 0 Å². The predicted molar refractivity (Wildman–Crippen MR) is 75.9 cm³/mol. The van der Waals surface area contributed by atoms with E-state index >= 15 is 0 Å². The smallest absolute Gasteiger partial charge is 0.195 e. The highest BCUT2D eigenvalue weighted by molar-refractivity contribution is 5.98. The van der Waals surface area contributed by atoms with Gasteiger partial charge in [0.15, 0.2) is 5.96 Å². The van der Waals surface area contributed by atoms with Gasteiger partial charge in [-0.25, -0.2) is 0 Å². The van der Waals surface area contributed by atoms with Crippen LogP contribution in [0.2, 0.25) is 0 Å². The summed E-state index contributed by atoms with van der Waals surface area (Å²) in [7, 11) is 0. The molecule has 0 radical (unpaired) electrons. The Morgan fingerprint density at radius 2 is 2.22 bits per heavy atom. The summed E-state index contributed by atoms with van der Waals surface area (Å²) in [6, 6.07) is 4.05. The van der Waals surface area contributed by atoms with E-state index in [-0.39, 0.29) is 0 Å². The van der Waals surface area contributed by atoms with Crippen molar-refractivity contribution in [1.82, 2.24) is 5.32 Å². The minimum atomic E-state index is 0.750. The summed E-state index contributed by atoms with van der Waals surface area (Å²) < 4.78 is 0. The summed E-state index contributed by atoms with van der Waals surface area (Å²) in [5, 5.41) is 9.69. The van der Waals surface area contributed by atoms with Gasteiger partial charge in [-0.05, 0) is 30.5 Å². The van der Waals surface area contributed by atoms with E-state index in [0.717, 1.165) is 54.6 Å². The van der Waals surface area contributed by atoms with E-state index in [1.807, 2.05) is 12.1 Å². The number of rotatable bonds is 1. The maximum Gasteiger partial charge on any atom is 0.195 e. The lowest BCUT2D eigenvalue weighted by molar-refractivity contribution is 0.919. The number of allylic oxidation sites excluding steroid dienone is 1. The number of hydrogen-bond donors (Lipinski definition) is 4. The summed E-state index contributed by atoms with van der Waals surface area (Å²) in [4.78, 5) is 4.30. The van der Waals surface area contributed by atoms with Crippen LogP contribution in [0.3, 0.4) is 0 Å². The number of nitrogens with zero attached hydrogens (tertiary/aromatic N) is 1. The average Bonchev–Trinajstić information content (AvgIpc) is 2.83. The first kappa shape index (κ1) is 11.0. The lowest BCUT2D eigenvalue weighted by Crippen LogP contribution is -2.26. The van der Waals surface area contributed by atoms with Gasteiger partial charge in [0.05, 0.1) is 17.9 Å². The molecule has 0 unspecified atom stereocenters. The zero-order valence-corrected chi connectivity index (χ0v) is 10.2. The minimum Gasteiger partial charge on any atom is -0.397 e. The van der Waals surface area contributed by atoms with E-state index in [1.165, 1.54) is 5.56 Å². The number of aliphatic imine (C=N–C) groups is 1. The van der Waals surface area contributed by atoms with Crippen LogP contribution < -0.4 is 21.7 Å². The fourth-order valence-electron chi connectivity index (χ4n) is 2.24. The maximum atomic E-state index is 6.06. The molecule has 0 aromatic heterocycles. The molecule has 18 heavy (non-hydrogen) atoms. The van der Waals surface area contributed by atoms with Crippen LogP contribution in [0.5, 0.6) is 0 Å². The average molecular weight is 243 g/mol. The second kappa shape index (κ2) is 4.25. The molecule has 0 amide bonds. The number of guanidine groups is 1. The topological polar surface area (TPSA) is 74.5 Å². The number of aryl methyl sites for hydroxylation is 1. The van der Waals surface area contributed by atoms with Crippen LogP contribution >= 0.6 is 0 Å². The Morgan fingerprint density at radius 3 is 3.00 bits per heavy atom. The first-order valence-electron chi connectivity index (χ1n) is 6.15. The fourth-order valence-corrected chi connectivity index (χ4v) is 2.24. The first-order chi connectivity index (χ1) is 8.72. The number of nitrogens with one attached hydrogen (secondary N) is 3. The molecule has 0 saturated carbocycles. The second-order valence-electron chi connectivity index (χ2n) is 4.61. The number of benzene rings is 1. The van der Waals surface area contributed by atoms with Crippen molar-refractivity contribution >= 4 is 23.0 Å². The van der Waals surface area contributed by atoms with Gasteiger partial charge < -0.3 is 21.7 Å². The molecule has 2 heterocycles. The Balaban J connectivity index is 1.90. The molecule has 94 valence electrons. The van der Waals surface area contributed by atoms with Gasteiger partial charge in [-0.15, -0.1) is 0 Å². The van der Waals surface area contributed by atoms with E-state index in [4.69, 9.17) is 5.73 Å². The number of hydrogen-bond acceptors (Lipinski definition) is 5. The Labute approximate surface area is 106 Å².